The van der Waals surface area contributed by atoms with E-state index in [9.17, 15) is 14.4 Å². The molecule has 4 amide bonds. The molecule has 3 aliphatic heterocycles. The number of carbonyl (C=O) groups excluding carboxylic acids is 3. The first kappa shape index (κ1) is 23.2. The van der Waals surface area contributed by atoms with Gasteiger partial charge in [-0.3, -0.25) is 19.5 Å². The molecule has 1 N–H and O–H groups in total. The minimum atomic E-state index is -1.23. The summed E-state index contributed by atoms with van der Waals surface area (Å²) in [5.41, 5.74) is 0.281. The number of urea groups is 1. The molecule has 3 aliphatic rings. The smallest absolute Gasteiger partial charge is 0.325 e. The van der Waals surface area contributed by atoms with Crippen molar-refractivity contribution in [1.82, 2.24) is 20.1 Å². The van der Waals surface area contributed by atoms with Crippen molar-refractivity contribution < 1.29 is 19.1 Å². The maximum Gasteiger partial charge on any atom is 0.325 e. The van der Waals surface area contributed by atoms with Gasteiger partial charge in [-0.05, 0) is 49.5 Å². The Kier molecular flexibility index (Phi) is 6.63. The Hall–Kier alpha value is -3.52. The summed E-state index contributed by atoms with van der Waals surface area (Å²) in [6, 6.07) is 14.7. The number of amides is 4. The lowest BCUT2D eigenvalue weighted by Crippen LogP contribution is -2.54. The van der Waals surface area contributed by atoms with E-state index in [1.54, 1.807) is 29.3 Å². The number of carbonyl (C=O) groups is 3. The highest BCUT2D eigenvalue weighted by Gasteiger charge is 2.58. The number of nitrogens with zero attached hydrogens (tertiary/aromatic N) is 3. The van der Waals surface area contributed by atoms with Crippen LogP contribution in [0.5, 0.6) is 0 Å². The molecule has 1 aromatic carbocycles. The van der Waals surface area contributed by atoms with Crippen LogP contribution in [0.2, 0.25) is 0 Å². The minimum absolute atomic E-state index is 0.0546. The first-order valence-electron chi connectivity index (χ1n) is 12.3. The monoisotopic (exact) mass is 474 g/mol. The number of hydrogen-bond donors (Lipinski definition) is 1. The number of ether oxygens (including phenoxy) is 1. The van der Waals surface area contributed by atoms with Crippen LogP contribution in [0.4, 0.5) is 4.79 Å². The summed E-state index contributed by atoms with van der Waals surface area (Å²) in [6.45, 7) is 1.92. The van der Waals surface area contributed by atoms with Gasteiger partial charge < -0.3 is 15.0 Å². The maximum atomic E-state index is 13.9. The lowest BCUT2D eigenvalue weighted by atomic mass is 9.75. The molecule has 8 nitrogen and oxygen atoms in total. The van der Waals surface area contributed by atoms with Crippen LogP contribution in [-0.4, -0.2) is 65.0 Å². The molecule has 0 spiro atoms. The summed E-state index contributed by atoms with van der Waals surface area (Å²) in [6.07, 6.45) is 7.87. The minimum Gasteiger partial charge on any atom is -0.376 e. The zero-order valence-electron chi connectivity index (χ0n) is 19.6. The van der Waals surface area contributed by atoms with Gasteiger partial charge in [0.25, 0.3) is 5.91 Å². The predicted octanol–water partition coefficient (Wildman–Crippen LogP) is 2.96. The van der Waals surface area contributed by atoms with E-state index in [0.29, 0.717) is 38.2 Å². The van der Waals surface area contributed by atoms with Gasteiger partial charge in [-0.1, -0.05) is 36.4 Å². The summed E-state index contributed by atoms with van der Waals surface area (Å²) in [5.74, 6) is -0.503. The van der Waals surface area contributed by atoms with Crippen molar-refractivity contribution in [2.45, 2.75) is 37.3 Å². The van der Waals surface area contributed by atoms with E-state index >= 15 is 0 Å². The average Bonchev–Trinajstić information content (AvgIpc) is 3.51. The molecule has 0 saturated carbocycles. The number of aromatic nitrogens is 1. The van der Waals surface area contributed by atoms with Gasteiger partial charge in [-0.25, -0.2) is 4.79 Å². The van der Waals surface area contributed by atoms with E-state index in [-0.39, 0.29) is 30.4 Å². The molecule has 5 rings (SSSR count). The van der Waals surface area contributed by atoms with Crippen molar-refractivity contribution in [3.05, 3.63) is 72.1 Å². The summed E-state index contributed by atoms with van der Waals surface area (Å²) < 4.78 is 5.69. The Balaban J connectivity index is 1.33. The SMILES string of the molecule is O=C(/C=C/c1ccccc1)N1CCC([C@]2(c3ccccn3)NC(=O)N(C[C@H]3CCCO3)C2=O)CC1. The number of nitrogens with one attached hydrogen (secondary N) is 1. The lowest BCUT2D eigenvalue weighted by molar-refractivity contribution is -0.136. The predicted molar refractivity (Wildman–Crippen MR) is 130 cm³/mol. The second-order valence-electron chi connectivity index (χ2n) is 9.35. The third kappa shape index (κ3) is 4.58. The van der Waals surface area contributed by atoms with Crippen LogP contribution in [0.3, 0.4) is 0 Å². The van der Waals surface area contributed by atoms with Crippen molar-refractivity contribution in [2.24, 2.45) is 5.92 Å². The molecule has 3 saturated heterocycles. The van der Waals surface area contributed by atoms with Gasteiger partial charge in [0.15, 0.2) is 5.54 Å². The van der Waals surface area contributed by atoms with Crippen LogP contribution in [-0.2, 0) is 19.9 Å². The second-order valence-corrected chi connectivity index (χ2v) is 9.35. The van der Waals surface area contributed by atoms with Crippen molar-refractivity contribution in [3.63, 3.8) is 0 Å². The van der Waals surface area contributed by atoms with Crippen LogP contribution in [0.25, 0.3) is 6.08 Å². The fourth-order valence-corrected chi connectivity index (χ4v) is 5.38. The number of hydrogen-bond acceptors (Lipinski definition) is 5. The van der Waals surface area contributed by atoms with Crippen LogP contribution in [0, 0.1) is 5.92 Å². The van der Waals surface area contributed by atoms with Gasteiger partial charge in [-0.15, -0.1) is 0 Å². The first-order chi connectivity index (χ1) is 17.1. The van der Waals surface area contributed by atoms with Gasteiger partial charge in [0.2, 0.25) is 5.91 Å². The molecule has 35 heavy (non-hydrogen) atoms. The van der Waals surface area contributed by atoms with Crippen molar-refractivity contribution in [1.29, 1.82) is 0 Å². The van der Waals surface area contributed by atoms with Crippen molar-refractivity contribution in [2.75, 3.05) is 26.2 Å². The molecule has 4 heterocycles. The van der Waals surface area contributed by atoms with Gasteiger partial charge in [0.1, 0.15) is 0 Å². The zero-order valence-corrected chi connectivity index (χ0v) is 19.6. The summed E-state index contributed by atoms with van der Waals surface area (Å²) in [7, 11) is 0. The largest absolute Gasteiger partial charge is 0.376 e. The molecule has 0 radical (unpaired) electrons. The number of likely N-dealkylation sites (tertiary alicyclic amines) is 1. The highest BCUT2D eigenvalue weighted by molar-refractivity contribution is 6.07. The van der Waals surface area contributed by atoms with Crippen LogP contribution in [0.1, 0.15) is 36.9 Å². The number of pyridine rings is 1. The first-order valence-corrected chi connectivity index (χ1v) is 12.3. The average molecular weight is 475 g/mol. The molecule has 1 aromatic heterocycles. The molecule has 0 bridgehead atoms. The topological polar surface area (TPSA) is 91.8 Å². The number of benzene rings is 1. The third-order valence-electron chi connectivity index (χ3n) is 7.25. The maximum absolute atomic E-state index is 13.9. The molecule has 2 aromatic rings. The standard InChI is InChI=1S/C27H30N4O4/c32-24(12-11-20-7-2-1-3-8-20)30-16-13-21(14-17-30)27(23-10-4-5-15-28-23)25(33)31(26(34)29-27)19-22-9-6-18-35-22/h1-5,7-8,10-12,15,21-22H,6,9,13-14,16-19H2,(H,29,34)/b12-11+/t22-,27-/m1/s1. The Morgan fingerprint density at radius 2 is 1.86 bits per heavy atom. The molecule has 3 fully saturated rings. The summed E-state index contributed by atoms with van der Waals surface area (Å²) in [5, 5.41) is 3.02. The zero-order chi connectivity index (χ0) is 24.3. The Morgan fingerprint density at radius 3 is 2.54 bits per heavy atom. The lowest BCUT2D eigenvalue weighted by Gasteiger charge is -2.40. The number of piperidine rings is 1. The van der Waals surface area contributed by atoms with E-state index in [1.165, 1.54) is 4.90 Å². The molecule has 182 valence electrons. The molecule has 2 atom stereocenters. The van der Waals surface area contributed by atoms with Gasteiger partial charge in [0, 0.05) is 37.9 Å². The molecule has 0 unspecified atom stereocenters. The second kappa shape index (κ2) is 10.00. The highest BCUT2D eigenvalue weighted by Crippen LogP contribution is 2.41. The Labute approximate surface area is 205 Å². The summed E-state index contributed by atoms with van der Waals surface area (Å²) >= 11 is 0. The normalized spacial score (nSPS) is 25.4. The molecular weight excluding hydrogens is 444 g/mol. The Bertz CT molecular complexity index is 1090. The number of imide groups is 1. The van der Waals surface area contributed by atoms with E-state index < -0.39 is 11.6 Å². The summed E-state index contributed by atoms with van der Waals surface area (Å²) in [4.78, 5) is 47.3. The van der Waals surface area contributed by atoms with E-state index in [4.69, 9.17) is 4.74 Å². The molecule has 0 aliphatic carbocycles. The third-order valence-corrected chi connectivity index (χ3v) is 7.25. The van der Waals surface area contributed by atoms with Gasteiger partial charge >= 0.3 is 6.03 Å². The van der Waals surface area contributed by atoms with Crippen LogP contribution >= 0.6 is 0 Å². The van der Waals surface area contributed by atoms with Crippen molar-refractivity contribution >= 4 is 23.9 Å². The van der Waals surface area contributed by atoms with Gasteiger partial charge in [0.05, 0.1) is 18.3 Å². The fraction of sp³-hybridized carbons (Fsp3) is 0.407. The van der Waals surface area contributed by atoms with Crippen LogP contribution < -0.4 is 5.32 Å². The van der Waals surface area contributed by atoms with Crippen molar-refractivity contribution in [3.8, 4) is 0 Å². The van der Waals surface area contributed by atoms with Crippen LogP contribution in [0.15, 0.2) is 60.8 Å². The van der Waals surface area contributed by atoms with Gasteiger partial charge in [-0.2, -0.15) is 0 Å². The van der Waals surface area contributed by atoms with E-state index in [2.05, 4.69) is 10.3 Å². The molecule has 8 heteroatoms. The fourth-order valence-electron chi connectivity index (χ4n) is 5.38. The Morgan fingerprint density at radius 1 is 1.09 bits per heavy atom. The quantitative estimate of drug-likeness (QED) is 0.513. The highest BCUT2D eigenvalue weighted by atomic mass is 16.5. The van der Waals surface area contributed by atoms with E-state index in [1.807, 2.05) is 42.5 Å². The molecular formula is C27H30N4O4. The van der Waals surface area contributed by atoms with E-state index in [0.717, 1.165) is 18.4 Å². The number of rotatable bonds is 6.